The van der Waals surface area contributed by atoms with Gasteiger partial charge in [0, 0.05) is 36.0 Å². The Morgan fingerprint density at radius 2 is 1.77 bits per heavy atom. The lowest BCUT2D eigenvalue weighted by atomic mass is 9.82. The maximum Gasteiger partial charge on any atom is 0.266 e. The molecule has 0 saturated carbocycles. The topological polar surface area (TPSA) is 92.2 Å². The van der Waals surface area contributed by atoms with E-state index in [2.05, 4.69) is 33.7 Å². The number of aliphatic hydroxyl groups excluding tert-OH is 1. The number of hydrogen-bond acceptors (Lipinski definition) is 6. The molecule has 1 amide bonds. The van der Waals surface area contributed by atoms with Crippen molar-refractivity contribution in [2.45, 2.75) is 50.7 Å². The smallest absolute Gasteiger partial charge is 0.266 e. The fraction of sp³-hybridized carbons (Fsp3) is 0.355. The molecule has 3 aromatic carbocycles. The summed E-state index contributed by atoms with van der Waals surface area (Å²) in [4.78, 5) is 19.1. The molecule has 2 atom stereocenters. The monoisotopic (exact) mass is 593 g/mol. The Kier molecular flexibility index (Phi) is 10.5. The van der Waals surface area contributed by atoms with Crippen LogP contribution in [0, 0.1) is 0 Å². The van der Waals surface area contributed by atoms with Gasteiger partial charge in [0.2, 0.25) is 5.90 Å². The van der Waals surface area contributed by atoms with E-state index in [0.717, 1.165) is 40.4 Å². The maximum absolute atomic E-state index is 14.1. The molecule has 8 heteroatoms. The molecule has 206 valence electrons. The first kappa shape index (κ1) is 28.8. The van der Waals surface area contributed by atoms with Gasteiger partial charge in [-0.3, -0.25) is 10.2 Å². The largest absolute Gasteiger partial charge is 0.494 e. The van der Waals surface area contributed by atoms with Crippen molar-refractivity contribution in [2.24, 2.45) is 4.99 Å². The Labute approximate surface area is 238 Å². The van der Waals surface area contributed by atoms with Gasteiger partial charge in [0.05, 0.1) is 6.61 Å². The van der Waals surface area contributed by atoms with E-state index in [1.807, 2.05) is 78.9 Å². The molecule has 0 bridgehead atoms. The molecule has 1 aliphatic rings. The van der Waals surface area contributed by atoms with Crippen molar-refractivity contribution in [3.63, 3.8) is 0 Å². The first-order valence-corrected chi connectivity index (χ1v) is 14.3. The molecule has 0 radical (unpaired) electrons. The van der Waals surface area contributed by atoms with Crippen LogP contribution in [0.1, 0.15) is 55.4 Å². The van der Waals surface area contributed by atoms with E-state index in [4.69, 9.17) is 19.6 Å². The molecule has 3 N–H and O–H groups in total. The predicted molar refractivity (Wildman–Crippen MR) is 157 cm³/mol. The first-order chi connectivity index (χ1) is 19.1. The number of nitrogens with one attached hydrogen (secondary N) is 2. The summed E-state index contributed by atoms with van der Waals surface area (Å²) in [5.41, 5.74) is 7.38. The minimum atomic E-state index is -1.26. The van der Waals surface area contributed by atoms with Crippen molar-refractivity contribution in [2.75, 3.05) is 19.8 Å². The van der Waals surface area contributed by atoms with Crippen molar-refractivity contribution in [1.82, 2.24) is 10.9 Å². The molecular formula is C31H36BrN3O4. The number of ether oxygens (including phenoxy) is 2. The molecule has 0 aromatic heterocycles. The standard InChI is InChI=1S/C31H36BrN3O4/c1-2-3-9-19-33-35-30(37)31(22-25-13-7-8-14-27(25)32)28(23-11-5-4-6-12-23)39-29(34-31)24-15-17-26(18-16-24)38-21-10-20-36/h4-8,11-18,28,33,36H,2-3,9-10,19-22H2,1H3,(H,35,37)/t28-,31-/m0/s1. The highest BCUT2D eigenvalue weighted by molar-refractivity contribution is 9.10. The number of benzene rings is 3. The normalized spacial score (nSPS) is 18.3. The fourth-order valence-electron chi connectivity index (χ4n) is 4.56. The third kappa shape index (κ3) is 7.26. The second kappa shape index (κ2) is 14.3. The number of halogens is 1. The summed E-state index contributed by atoms with van der Waals surface area (Å²) in [6.45, 7) is 3.34. The molecule has 0 unspecified atom stereocenters. The van der Waals surface area contributed by atoms with Gasteiger partial charge in [-0.25, -0.2) is 10.4 Å². The molecular weight excluding hydrogens is 558 g/mol. The zero-order chi connectivity index (χ0) is 27.5. The number of hydrogen-bond donors (Lipinski definition) is 3. The van der Waals surface area contributed by atoms with E-state index < -0.39 is 11.6 Å². The average molecular weight is 595 g/mol. The van der Waals surface area contributed by atoms with Crippen LogP contribution in [0.3, 0.4) is 0 Å². The minimum Gasteiger partial charge on any atom is -0.494 e. The number of carbonyl (C=O) groups excluding carboxylic acids is 1. The van der Waals surface area contributed by atoms with E-state index in [1.54, 1.807) is 0 Å². The van der Waals surface area contributed by atoms with Crippen LogP contribution in [0.15, 0.2) is 88.3 Å². The van der Waals surface area contributed by atoms with Crippen molar-refractivity contribution >= 4 is 27.7 Å². The number of hydrazine groups is 1. The van der Waals surface area contributed by atoms with Crippen LogP contribution in [-0.2, 0) is 16.0 Å². The summed E-state index contributed by atoms with van der Waals surface area (Å²) < 4.78 is 13.1. The Balaban J connectivity index is 1.71. The molecule has 0 saturated heterocycles. The molecule has 1 heterocycles. The first-order valence-electron chi connectivity index (χ1n) is 13.5. The van der Waals surface area contributed by atoms with Gasteiger partial charge in [-0.15, -0.1) is 0 Å². The fourth-order valence-corrected chi connectivity index (χ4v) is 4.98. The van der Waals surface area contributed by atoms with E-state index >= 15 is 0 Å². The highest BCUT2D eigenvalue weighted by atomic mass is 79.9. The number of amides is 1. The number of aliphatic hydroxyl groups is 1. The lowest BCUT2D eigenvalue weighted by Gasteiger charge is -2.31. The van der Waals surface area contributed by atoms with E-state index in [9.17, 15) is 4.79 Å². The number of carbonyl (C=O) groups is 1. The van der Waals surface area contributed by atoms with E-state index in [1.165, 1.54) is 0 Å². The highest BCUT2D eigenvalue weighted by Gasteiger charge is 2.53. The van der Waals surface area contributed by atoms with Gasteiger partial charge in [0.15, 0.2) is 11.6 Å². The molecule has 7 nitrogen and oxygen atoms in total. The number of unbranched alkanes of at least 4 members (excludes halogenated alkanes) is 2. The lowest BCUT2D eigenvalue weighted by Crippen LogP contribution is -2.54. The SMILES string of the molecule is CCCCCNNC(=O)[C@@]1(Cc2ccccc2Br)N=C(c2ccc(OCCCO)cc2)O[C@H]1c1ccccc1. The zero-order valence-electron chi connectivity index (χ0n) is 22.2. The van der Waals surface area contributed by atoms with Crippen LogP contribution in [-0.4, -0.2) is 42.2 Å². The molecule has 39 heavy (non-hydrogen) atoms. The lowest BCUT2D eigenvalue weighted by molar-refractivity contribution is -0.130. The highest BCUT2D eigenvalue weighted by Crippen LogP contribution is 2.43. The number of nitrogens with zero attached hydrogens (tertiary/aromatic N) is 1. The van der Waals surface area contributed by atoms with Crippen LogP contribution in [0.4, 0.5) is 0 Å². The van der Waals surface area contributed by atoms with Crippen LogP contribution < -0.4 is 15.6 Å². The van der Waals surface area contributed by atoms with Gasteiger partial charge >= 0.3 is 0 Å². The molecule has 3 aromatic rings. The van der Waals surface area contributed by atoms with Crippen molar-refractivity contribution in [1.29, 1.82) is 0 Å². The number of rotatable bonds is 14. The second-order valence-corrected chi connectivity index (χ2v) is 10.4. The summed E-state index contributed by atoms with van der Waals surface area (Å²) in [5.74, 6) is 0.848. The maximum atomic E-state index is 14.1. The number of aliphatic imine (C=N–C) groups is 1. The Hall–Kier alpha value is -3.20. The Bertz CT molecular complexity index is 1240. The third-order valence-electron chi connectivity index (χ3n) is 6.66. The van der Waals surface area contributed by atoms with Crippen LogP contribution >= 0.6 is 15.9 Å². The Morgan fingerprint density at radius 3 is 2.49 bits per heavy atom. The van der Waals surface area contributed by atoms with Crippen molar-refractivity contribution in [3.05, 3.63) is 100 Å². The van der Waals surface area contributed by atoms with Crippen LogP contribution in [0.25, 0.3) is 0 Å². The van der Waals surface area contributed by atoms with E-state index in [-0.39, 0.29) is 12.5 Å². The Morgan fingerprint density at radius 1 is 1.03 bits per heavy atom. The van der Waals surface area contributed by atoms with Crippen LogP contribution in [0.5, 0.6) is 5.75 Å². The minimum absolute atomic E-state index is 0.0821. The summed E-state index contributed by atoms with van der Waals surface area (Å²) in [6.07, 6.45) is 3.41. The molecule has 0 aliphatic carbocycles. The zero-order valence-corrected chi connectivity index (χ0v) is 23.8. The van der Waals surface area contributed by atoms with E-state index in [0.29, 0.717) is 37.6 Å². The summed E-state index contributed by atoms with van der Waals surface area (Å²) in [5, 5.41) is 9.01. The third-order valence-corrected chi connectivity index (χ3v) is 7.43. The molecule has 0 spiro atoms. The van der Waals surface area contributed by atoms with Gasteiger partial charge in [-0.1, -0.05) is 84.2 Å². The van der Waals surface area contributed by atoms with Gasteiger partial charge in [0.1, 0.15) is 5.75 Å². The van der Waals surface area contributed by atoms with Crippen molar-refractivity contribution in [3.8, 4) is 5.75 Å². The molecule has 0 fully saturated rings. The summed E-state index contributed by atoms with van der Waals surface area (Å²) in [6, 6.07) is 25.1. The molecule has 4 rings (SSSR count). The van der Waals surface area contributed by atoms with Gasteiger partial charge in [-0.05, 0) is 47.9 Å². The van der Waals surface area contributed by atoms with Crippen LogP contribution in [0.2, 0.25) is 0 Å². The quantitative estimate of drug-likeness (QED) is 0.169. The summed E-state index contributed by atoms with van der Waals surface area (Å²) in [7, 11) is 0. The molecule has 1 aliphatic heterocycles. The van der Waals surface area contributed by atoms with Gasteiger partial charge < -0.3 is 14.6 Å². The van der Waals surface area contributed by atoms with Gasteiger partial charge in [-0.2, -0.15) is 0 Å². The second-order valence-electron chi connectivity index (χ2n) is 9.56. The average Bonchev–Trinajstić information content (AvgIpc) is 3.35. The summed E-state index contributed by atoms with van der Waals surface area (Å²) >= 11 is 3.66. The predicted octanol–water partition coefficient (Wildman–Crippen LogP) is 5.52. The van der Waals surface area contributed by atoms with Crippen molar-refractivity contribution < 1.29 is 19.4 Å². The van der Waals surface area contributed by atoms with Gasteiger partial charge in [0.25, 0.3) is 5.91 Å².